The Balaban J connectivity index is 2.78. The van der Waals surface area contributed by atoms with Crippen LogP contribution in [0.15, 0.2) is 18.3 Å². The van der Waals surface area contributed by atoms with Crippen LogP contribution in [0.5, 0.6) is 0 Å². The van der Waals surface area contributed by atoms with Gasteiger partial charge in [0.05, 0.1) is 11.1 Å². The van der Waals surface area contributed by atoms with E-state index in [1.54, 1.807) is 0 Å². The van der Waals surface area contributed by atoms with Crippen LogP contribution < -0.4 is 0 Å². The predicted molar refractivity (Wildman–Crippen MR) is 77.9 cm³/mol. The first-order valence-electron chi connectivity index (χ1n) is 6.94. The van der Waals surface area contributed by atoms with Crippen LogP contribution in [0.25, 0.3) is 10.9 Å². The highest BCUT2D eigenvalue weighted by Crippen LogP contribution is 2.28. The number of hydrogen-bond acceptors (Lipinski definition) is 1. The lowest BCUT2D eigenvalue weighted by atomic mass is 10.0. The quantitative estimate of drug-likeness (QED) is 0.881. The third-order valence-electron chi connectivity index (χ3n) is 3.53. The molecule has 0 saturated carbocycles. The molecular weight excluding hydrogens is 238 g/mol. The molecule has 0 saturated heterocycles. The van der Waals surface area contributed by atoms with Crippen LogP contribution in [0.4, 0.5) is 0 Å². The van der Waals surface area contributed by atoms with Crippen molar-refractivity contribution in [3.8, 4) is 0 Å². The van der Waals surface area contributed by atoms with Gasteiger partial charge in [-0.05, 0) is 30.9 Å². The lowest BCUT2D eigenvalue weighted by Crippen LogP contribution is -2.05. The van der Waals surface area contributed by atoms with Gasteiger partial charge in [-0.15, -0.1) is 0 Å². The van der Waals surface area contributed by atoms with Gasteiger partial charge in [-0.25, -0.2) is 4.79 Å². The lowest BCUT2D eigenvalue weighted by molar-refractivity contribution is 0.0698. The Hall–Kier alpha value is -1.77. The van der Waals surface area contributed by atoms with Crippen LogP contribution in [0.3, 0.4) is 0 Å². The maximum Gasteiger partial charge on any atom is 0.338 e. The summed E-state index contributed by atoms with van der Waals surface area (Å²) < 4.78 is 2.11. The predicted octanol–water partition coefficient (Wildman–Crippen LogP) is 4.01. The molecule has 0 spiro atoms. The summed E-state index contributed by atoms with van der Waals surface area (Å²) in [4.78, 5) is 11.5. The smallest absolute Gasteiger partial charge is 0.338 e. The molecule has 0 aliphatic rings. The summed E-state index contributed by atoms with van der Waals surface area (Å²) >= 11 is 0. The Morgan fingerprint density at radius 1 is 1.26 bits per heavy atom. The van der Waals surface area contributed by atoms with E-state index < -0.39 is 5.97 Å². The first kappa shape index (κ1) is 13.7. The molecule has 0 aliphatic heterocycles. The lowest BCUT2D eigenvalue weighted by Gasteiger charge is -2.08. The fourth-order valence-electron chi connectivity index (χ4n) is 2.73. The number of fused-ring (bicyclic) bond motifs is 1. The van der Waals surface area contributed by atoms with Gasteiger partial charge >= 0.3 is 5.97 Å². The van der Waals surface area contributed by atoms with E-state index in [2.05, 4.69) is 30.7 Å². The number of rotatable bonds is 5. The van der Waals surface area contributed by atoms with Crippen molar-refractivity contribution >= 4 is 16.9 Å². The Morgan fingerprint density at radius 3 is 2.58 bits per heavy atom. The second-order valence-corrected chi connectivity index (χ2v) is 5.06. The van der Waals surface area contributed by atoms with Crippen molar-refractivity contribution in [2.24, 2.45) is 0 Å². The van der Waals surface area contributed by atoms with E-state index in [1.807, 2.05) is 13.0 Å². The molecule has 0 radical (unpaired) electrons. The molecular formula is C16H21NO2. The van der Waals surface area contributed by atoms with Crippen molar-refractivity contribution in [1.82, 2.24) is 4.57 Å². The van der Waals surface area contributed by atoms with Gasteiger partial charge in [-0.3, -0.25) is 0 Å². The minimum atomic E-state index is -0.832. The zero-order valence-electron chi connectivity index (χ0n) is 11.9. The van der Waals surface area contributed by atoms with E-state index in [4.69, 9.17) is 0 Å². The second-order valence-electron chi connectivity index (χ2n) is 5.06. The molecule has 0 bridgehead atoms. The summed E-state index contributed by atoms with van der Waals surface area (Å²) in [7, 11) is 0. The Bertz CT molecular complexity index is 611. The Kier molecular flexibility index (Phi) is 3.93. The van der Waals surface area contributed by atoms with Crippen molar-refractivity contribution in [3.05, 3.63) is 35.0 Å². The van der Waals surface area contributed by atoms with Crippen LogP contribution in [0.2, 0.25) is 0 Å². The largest absolute Gasteiger partial charge is 0.478 e. The summed E-state index contributed by atoms with van der Waals surface area (Å²) in [6.45, 7) is 6.99. The van der Waals surface area contributed by atoms with Crippen molar-refractivity contribution in [2.75, 3.05) is 0 Å². The first-order valence-corrected chi connectivity index (χ1v) is 6.94. The fraction of sp³-hybridized carbons (Fsp3) is 0.438. The third kappa shape index (κ3) is 2.37. The first-order chi connectivity index (χ1) is 9.10. The number of carbonyl (C=O) groups is 1. The normalized spacial score (nSPS) is 11.1. The summed E-state index contributed by atoms with van der Waals surface area (Å²) in [5.41, 5.74) is 3.43. The molecule has 3 nitrogen and oxygen atoms in total. The minimum Gasteiger partial charge on any atom is -0.478 e. The van der Waals surface area contributed by atoms with Gasteiger partial charge in [0, 0.05) is 18.1 Å². The van der Waals surface area contributed by atoms with E-state index in [1.165, 1.54) is 5.56 Å². The standard InChI is InChI=1S/C16H21NO2/c1-4-6-12-10-17(9-5-2)15-13(12)8-7-11(3)14(15)16(18)19/h7-8,10H,4-6,9H2,1-3H3,(H,18,19). The average molecular weight is 259 g/mol. The maximum atomic E-state index is 11.5. The van der Waals surface area contributed by atoms with Crippen molar-refractivity contribution < 1.29 is 9.90 Å². The molecule has 1 aromatic carbocycles. The van der Waals surface area contributed by atoms with Gasteiger partial charge in [0.2, 0.25) is 0 Å². The van der Waals surface area contributed by atoms with Gasteiger partial charge in [-0.1, -0.05) is 32.4 Å². The van der Waals surface area contributed by atoms with E-state index in [0.29, 0.717) is 5.56 Å². The highest BCUT2D eigenvalue weighted by atomic mass is 16.4. The molecule has 19 heavy (non-hydrogen) atoms. The number of aryl methyl sites for hydroxylation is 3. The molecule has 0 unspecified atom stereocenters. The van der Waals surface area contributed by atoms with Crippen molar-refractivity contribution in [2.45, 2.75) is 46.6 Å². The van der Waals surface area contributed by atoms with E-state index in [-0.39, 0.29) is 0 Å². The molecule has 102 valence electrons. The monoisotopic (exact) mass is 259 g/mol. The zero-order valence-corrected chi connectivity index (χ0v) is 11.9. The molecule has 2 rings (SSSR count). The van der Waals surface area contributed by atoms with E-state index in [9.17, 15) is 9.90 Å². The highest BCUT2D eigenvalue weighted by molar-refractivity contribution is 6.04. The SMILES string of the molecule is CCCc1cn(CCC)c2c(C(=O)O)c(C)ccc12. The molecule has 0 fully saturated rings. The molecule has 1 heterocycles. The van der Waals surface area contributed by atoms with Gasteiger partial charge in [0.25, 0.3) is 0 Å². The fourth-order valence-corrected chi connectivity index (χ4v) is 2.73. The summed E-state index contributed by atoms with van der Waals surface area (Å²) in [6.07, 6.45) is 5.20. The number of carboxylic acids is 1. The average Bonchev–Trinajstić information content (AvgIpc) is 2.68. The van der Waals surface area contributed by atoms with Crippen LogP contribution in [-0.4, -0.2) is 15.6 Å². The van der Waals surface area contributed by atoms with Crippen LogP contribution in [0, 0.1) is 6.92 Å². The molecule has 1 aromatic heterocycles. The van der Waals surface area contributed by atoms with Crippen molar-refractivity contribution in [1.29, 1.82) is 0 Å². The van der Waals surface area contributed by atoms with E-state index in [0.717, 1.165) is 42.3 Å². The zero-order chi connectivity index (χ0) is 14.0. The molecule has 0 aliphatic carbocycles. The number of nitrogens with zero attached hydrogens (tertiary/aromatic N) is 1. The molecule has 2 aromatic rings. The molecule has 0 amide bonds. The number of hydrogen-bond donors (Lipinski definition) is 1. The van der Waals surface area contributed by atoms with Gasteiger partial charge in [0.1, 0.15) is 0 Å². The Morgan fingerprint density at radius 2 is 2.00 bits per heavy atom. The number of aromatic nitrogens is 1. The molecule has 3 heteroatoms. The summed E-state index contributed by atoms with van der Waals surface area (Å²) in [5.74, 6) is -0.832. The summed E-state index contributed by atoms with van der Waals surface area (Å²) in [5, 5.41) is 10.6. The number of carboxylic acid groups (broad SMARTS) is 1. The summed E-state index contributed by atoms with van der Waals surface area (Å²) in [6, 6.07) is 3.98. The van der Waals surface area contributed by atoms with E-state index >= 15 is 0 Å². The molecule has 0 atom stereocenters. The van der Waals surface area contributed by atoms with Crippen LogP contribution >= 0.6 is 0 Å². The molecule has 1 N–H and O–H groups in total. The topological polar surface area (TPSA) is 42.2 Å². The minimum absolute atomic E-state index is 0.452. The van der Waals surface area contributed by atoms with Gasteiger partial charge in [-0.2, -0.15) is 0 Å². The van der Waals surface area contributed by atoms with Crippen LogP contribution in [-0.2, 0) is 13.0 Å². The van der Waals surface area contributed by atoms with Crippen LogP contribution in [0.1, 0.15) is 48.2 Å². The highest BCUT2D eigenvalue weighted by Gasteiger charge is 2.17. The van der Waals surface area contributed by atoms with Gasteiger partial charge < -0.3 is 9.67 Å². The Labute approximate surface area is 113 Å². The number of aromatic carboxylic acids is 1. The van der Waals surface area contributed by atoms with Gasteiger partial charge in [0.15, 0.2) is 0 Å². The number of benzene rings is 1. The third-order valence-corrected chi connectivity index (χ3v) is 3.53. The van der Waals surface area contributed by atoms with Crippen molar-refractivity contribution in [3.63, 3.8) is 0 Å². The second kappa shape index (κ2) is 5.47. The maximum absolute atomic E-state index is 11.5.